The number of hydrogen-bond acceptors (Lipinski definition) is 5. The van der Waals surface area contributed by atoms with E-state index >= 15 is 0 Å². The van der Waals surface area contributed by atoms with Gasteiger partial charge >= 0.3 is 0 Å². The fourth-order valence-corrected chi connectivity index (χ4v) is 2.84. The molecule has 0 saturated carbocycles. The molecule has 1 aliphatic rings. The molecule has 122 valence electrons. The van der Waals surface area contributed by atoms with Gasteiger partial charge in [-0.2, -0.15) is 5.26 Å². The number of nitrogens with two attached hydrogens (primary N) is 1. The first-order valence-corrected chi connectivity index (χ1v) is 7.60. The monoisotopic (exact) mass is 321 g/mol. The van der Waals surface area contributed by atoms with Crippen LogP contribution in [0.3, 0.4) is 0 Å². The number of methoxy groups -OCH3 is 2. The van der Waals surface area contributed by atoms with Crippen LogP contribution in [-0.4, -0.2) is 19.1 Å². The lowest BCUT2D eigenvalue weighted by molar-refractivity contribution is 0.270. The standard InChI is InChI=1S/C19H19N3O2/c1-23-16-5-4-15(18(10-16)24-2)12-22-8-7-14-9-13(11-20)3-6-17(14)19(22)21/h3-10,19H,12,21H2,1-2H3. The molecule has 0 saturated heterocycles. The van der Waals surface area contributed by atoms with Crippen molar-refractivity contribution in [3.05, 3.63) is 64.9 Å². The minimum atomic E-state index is -0.274. The second-order valence-corrected chi connectivity index (χ2v) is 5.57. The zero-order valence-electron chi connectivity index (χ0n) is 13.7. The van der Waals surface area contributed by atoms with E-state index in [0.29, 0.717) is 12.1 Å². The van der Waals surface area contributed by atoms with Gasteiger partial charge in [0, 0.05) is 24.4 Å². The van der Waals surface area contributed by atoms with Crippen LogP contribution in [0.1, 0.15) is 28.4 Å². The Kier molecular flexibility index (Phi) is 4.41. The Morgan fingerprint density at radius 3 is 2.71 bits per heavy atom. The fourth-order valence-electron chi connectivity index (χ4n) is 2.84. The van der Waals surface area contributed by atoms with Gasteiger partial charge in [0.15, 0.2) is 0 Å². The van der Waals surface area contributed by atoms with Gasteiger partial charge in [0.25, 0.3) is 0 Å². The molecule has 0 radical (unpaired) electrons. The third kappa shape index (κ3) is 2.92. The summed E-state index contributed by atoms with van der Waals surface area (Å²) in [6.07, 6.45) is 3.66. The zero-order chi connectivity index (χ0) is 17.1. The lowest BCUT2D eigenvalue weighted by Gasteiger charge is -2.32. The predicted octanol–water partition coefficient (Wildman–Crippen LogP) is 3.02. The van der Waals surface area contributed by atoms with Gasteiger partial charge in [-0.1, -0.05) is 6.07 Å². The molecule has 2 aromatic carbocycles. The first kappa shape index (κ1) is 15.9. The van der Waals surface area contributed by atoms with Crippen LogP contribution in [0.2, 0.25) is 0 Å². The molecule has 0 spiro atoms. The van der Waals surface area contributed by atoms with E-state index in [4.69, 9.17) is 20.5 Å². The fraction of sp³-hybridized carbons (Fsp3) is 0.211. The lowest BCUT2D eigenvalue weighted by Crippen LogP contribution is -2.32. The van der Waals surface area contributed by atoms with Crippen molar-refractivity contribution in [3.63, 3.8) is 0 Å². The highest BCUT2D eigenvalue weighted by Gasteiger charge is 2.21. The average Bonchev–Trinajstić information content (AvgIpc) is 2.63. The Morgan fingerprint density at radius 1 is 1.17 bits per heavy atom. The predicted molar refractivity (Wildman–Crippen MR) is 92.2 cm³/mol. The van der Waals surface area contributed by atoms with E-state index in [2.05, 4.69) is 6.07 Å². The molecule has 1 atom stereocenters. The summed E-state index contributed by atoms with van der Waals surface area (Å²) >= 11 is 0. The summed E-state index contributed by atoms with van der Waals surface area (Å²) in [6, 6.07) is 13.5. The second-order valence-electron chi connectivity index (χ2n) is 5.57. The van der Waals surface area contributed by atoms with Crippen molar-refractivity contribution in [1.82, 2.24) is 4.90 Å². The Morgan fingerprint density at radius 2 is 2.00 bits per heavy atom. The molecule has 2 N–H and O–H groups in total. The highest BCUT2D eigenvalue weighted by molar-refractivity contribution is 5.59. The van der Waals surface area contributed by atoms with Gasteiger partial charge in [0.1, 0.15) is 17.7 Å². The molecule has 1 aliphatic heterocycles. The molecular weight excluding hydrogens is 302 g/mol. The highest BCUT2D eigenvalue weighted by atomic mass is 16.5. The number of rotatable bonds is 4. The summed E-state index contributed by atoms with van der Waals surface area (Å²) < 4.78 is 10.7. The van der Waals surface area contributed by atoms with E-state index in [1.165, 1.54) is 0 Å². The van der Waals surface area contributed by atoms with Crippen molar-refractivity contribution in [2.24, 2.45) is 5.73 Å². The second kappa shape index (κ2) is 6.65. The molecular formula is C19H19N3O2. The number of nitrogens with zero attached hydrogens (tertiary/aromatic N) is 2. The summed E-state index contributed by atoms with van der Waals surface area (Å²) in [7, 11) is 3.27. The maximum Gasteiger partial charge on any atom is 0.127 e. The van der Waals surface area contributed by atoms with E-state index in [-0.39, 0.29) is 6.17 Å². The normalized spacial score (nSPS) is 15.6. The van der Waals surface area contributed by atoms with Crippen LogP contribution in [0.15, 0.2) is 42.6 Å². The molecule has 24 heavy (non-hydrogen) atoms. The minimum Gasteiger partial charge on any atom is -0.497 e. The zero-order valence-corrected chi connectivity index (χ0v) is 13.7. The molecule has 5 nitrogen and oxygen atoms in total. The Labute approximate surface area is 141 Å². The van der Waals surface area contributed by atoms with E-state index in [9.17, 15) is 0 Å². The van der Waals surface area contributed by atoms with Gasteiger partial charge in [-0.05, 0) is 41.5 Å². The van der Waals surface area contributed by atoms with Gasteiger partial charge in [-0.15, -0.1) is 0 Å². The molecule has 1 heterocycles. The highest BCUT2D eigenvalue weighted by Crippen LogP contribution is 2.31. The lowest BCUT2D eigenvalue weighted by atomic mass is 9.98. The van der Waals surface area contributed by atoms with E-state index in [0.717, 1.165) is 28.2 Å². The quantitative estimate of drug-likeness (QED) is 0.937. The summed E-state index contributed by atoms with van der Waals surface area (Å²) in [5.74, 6) is 1.52. The van der Waals surface area contributed by atoms with Crippen molar-refractivity contribution >= 4 is 6.08 Å². The average molecular weight is 321 g/mol. The number of hydrogen-bond donors (Lipinski definition) is 1. The first-order valence-electron chi connectivity index (χ1n) is 7.60. The molecule has 3 rings (SSSR count). The molecule has 0 aliphatic carbocycles. The first-order chi connectivity index (χ1) is 11.7. The van der Waals surface area contributed by atoms with E-state index in [1.54, 1.807) is 20.3 Å². The molecule has 2 aromatic rings. The molecule has 1 unspecified atom stereocenters. The van der Waals surface area contributed by atoms with Crippen LogP contribution in [0.5, 0.6) is 11.5 Å². The van der Waals surface area contributed by atoms with Crippen LogP contribution in [0, 0.1) is 11.3 Å². The van der Waals surface area contributed by atoms with Gasteiger partial charge < -0.3 is 20.1 Å². The van der Waals surface area contributed by atoms with Crippen molar-refractivity contribution in [3.8, 4) is 17.6 Å². The van der Waals surface area contributed by atoms with Gasteiger partial charge in [0.2, 0.25) is 0 Å². The van der Waals surface area contributed by atoms with E-state index < -0.39 is 0 Å². The minimum absolute atomic E-state index is 0.274. The van der Waals surface area contributed by atoms with E-state index in [1.807, 2.05) is 47.5 Å². The Balaban J connectivity index is 1.87. The maximum atomic E-state index is 9.01. The van der Waals surface area contributed by atoms with Crippen LogP contribution in [0.4, 0.5) is 0 Å². The Hall–Kier alpha value is -2.97. The van der Waals surface area contributed by atoms with Crippen LogP contribution in [0.25, 0.3) is 6.08 Å². The molecule has 5 heteroatoms. The summed E-state index contributed by atoms with van der Waals surface area (Å²) in [6.45, 7) is 0.615. The number of benzene rings is 2. The number of ether oxygens (including phenoxy) is 2. The molecule has 0 aromatic heterocycles. The smallest absolute Gasteiger partial charge is 0.127 e. The number of fused-ring (bicyclic) bond motifs is 1. The molecule has 0 bridgehead atoms. The van der Waals surface area contributed by atoms with Gasteiger partial charge in [0.05, 0.1) is 25.9 Å². The van der Waals surface area contributed by atoms with Crippen LogP contribution < -0.4 is 15.2 Å². The molecule has 0 amide bonds. The summed E-state index contributed by atoms with van der Waals surface area (Å²) in [5.41, 5.74) is 10.1. The van der Waals surface area contributed by atoms with Crippen molar-refractivity contribution < 1.29 is 9.47 Å². The molecule has 0 fully saturated rings. The summed E-state index contributed by atoms with van der Waals surface area (Å²) in [4.78, 5) is 2.04. The van der Waals surface area contributed by atoms with Gasteiger partial charge in [-0.25, -0.2) is 0 Å². The Bertz CT molecular complexity index is 824. The van der Waals surface area contributed by atoms with Crippen molar-refractivity contribution in [2.45, 2.75) is 12.7 Å². The van der Waals surface area contributed by atoms with Crippen molar-refractivity contribution in [2.75, 3.05) is 14.2 Å². The summed E-state index contributed by atoms with van der Waals surface area (Å²) in [5, 5.41) is 9.01. The van der Waals surface area contributed by atoms with Crippen LogP contribution in [-0.2, 0) is 6.54 Å². The third-order valence-corrected chi connectivity index (χ3v) is 4.18. The SMILES string of the molecule is COc1ccc(CN2C=Cc3cc(C#N)ccc3C2N)c(OC)c1. The van der Waals surface area contributed by atoms with Crippen LogP contribution >= 0.6 is 0 Å². The maximum absolute atomic E-state index is 9.01. The van der Waals surface area contributed by atoms with Gasteiger partial charge in [-0.3, -0.25) is 0 Å². The third-order valence-electron chi connectivity index (χ3n) is 4.18. The van der Waals surface area contributed by atoms with Crippen molar-refractivity contribution in [1.29, 1.82) is 5.26 Å². The number of nitriles is 1. The topological polar surface area (TPSA) is 71.5 Å². The largest absolute Gasteiger partial charge is 0.497 e.